The van der Waals surface area contributed by atoms with E-state index in [0.717, 1.165) is 6.42 Å². The summed E-state index contributed by atoms with van der Waals surface area (Å²) >= 11 is 0. The lowest BCUT2D eigenvalue weighted by atomic mass is 9.72. The number of aromatic amines is 1. The average Bonchev–Trinajstić information content (AvgIpc) is 3.01. The van der Waals surface area contributed by atoms with Crippen molar-refractivity contribution in [1.82, 2.24) is 4.98 Å². The van der Waals surface area contributed by atoms with Gasteiger partial charge in [-0.25, -0.2) is 0 Å². The summed E-state index contributed by atoms with van der Waals surface area (Å²) in [5, 5.41) is 1.37. The van der Waals surface area contributed by atoms with Crippen LogP contribution in [0.15, 0.2) is 24.9 Å². The summed E-state index contributed by atoms with van der Waals surface area (Å²) in [7, 11) is 0. The van der Waals surface area contributed by atoms with Crippen LogP contribution in [0.4, 0.5) is 0 Å². The molecule has 1 heteroatoms. The number of aromatic nitrogens is 1. The Morgan fingerprint density at radius 1 is 1.04 bits per heavy atom. The third kappa shape index (κ3) is 3.77. The van der Waals surface area contributed by atoms with Gasteiger partial charge in [0.1, 0.15) is 0 Å². The van der Waals surface area contributed by atoms with E-state index in [1.807, 2.05) is 0 Å². The first-order valence-corrected chi connectivity index (χ1v) is 9.73. The van der Waals surface area contributed by atoms with E-state index in [4.69, 9.17) is 0 Å². The van der Waals surface area contributed by atoms with Crippen molar-refractivity contribution in [3.05, 3.63) is 41.6 Å². The van der Waals surface area contributed by atoms with Crippen molar-refractivity contribution in [1.29, 1.82) is 0 Å². The highest BCUT2D eigenvalue weighted by Gasteiger charge is 2.26. The molecule has 0 spiro atoms. The van der Waals surface area contributed by atoms with Crippen LogP contribution in [0, 0.1) is 19.3 Å². The Balaban J connectivity index is 2.22. The first-order chi connectivity index (χ1) is 11.5. The standard InChI is InChI=1S/C23H35N/c1-7-13-23(9-3,14-8-2)15-12-18(5)20-16-24-21-11-10-17(4)19(6)22(20)21/h10-11,16,24H,5,7-9,12-15H2,1-4,6H3. The van der Waals surface area contributed by atoms with E-state index >= 15 is 0 Å². The van der Waals surface area contributed by atoms with Crippen LogP contribution in [0.1, 0.15) is 82.4 Å². The minimum atomic E-state index is 0.503. The Morgan fingerprint density at radius 2 is 1.71 bits per heavy atom. The predicted octanol–water partition coefficient (Wildman–Crippen LogP) is 7.57. The molecular weight excluding hydrogens is 290 g/mol. The van der Waals surface area contributed by atoms with Gasteiger partial charge in [0.2, 0.25) is 0 Å². The van der Waals surface area contributed by atoms with Gasteiger partial charge in [0, 0.05) is 22.7 Å². The molecule has 0 radical (unpaired) electrons. The van der Waals surface area contributed by atoms with Crippen molar-refractivity contribution >= 4 is 16.5 Å². The molecule has 0 amide bonds. The second kappa shape index (κ2) is 8.05. The Bertz CT molecular complexity index is 683. The van der Waals surface area contributed by atoms with Gasteiger partial charge in [0.15, 0.2) is 0 Å². The van der Waals surface area contributed by atoms with E-state index in [1.54, 1.807) is 0 Å². The number of rotatable bonds is 9. The predicted molar refractivity (Wildman–Crippen MR) is 109 cm³/mol. The molecule has 1 N–H and O–H groups in total. The summed E-state index contributed by atoms with van der Waals surface area (Å²) in [6, 6.07) is 4.39. The molecule has 1 aromatic heterocycles. The van der Waals surface area contributed by atoms with Crippen LogP contribution in [0.5, 0.6) is 0 Å². The molecule has 0 atom stereocenters. The zero-order chi connectivity index (χ0) is 17.7. The monoisotopic (exact) mass is 325 g/mol. The maximum atomic E-state index is 4.46. The van der Waals surface area contributed by atoms with Crippen molar-refractivity contribution in [2.75, 3.05) is 0 Å². The number of H-pyrrole nitrogens is 1. The van der Waals surface area contributed by atoms with Gasteiger partial charge >= 0.3 is 0 Å². The molecule has 1 heterocycles. The molecule has 0 aliphatic carbocycles. The largest absolute Gasteiger partial charge is 0.361 e. The van der Waals surface area contributed by atoms with Crippen molar-refractivity contribution in [3.8, 4) is 0 Å². The van der Waals surface area contributed by atoms with E-state index in [0.29, 0.717) is 5.41 Å². The molecule has 0 unspecified atom stereocenters. The highest BCUT2D eigenvalue weighted by atomic mass is 14.7. The smallest absolute Gasteiger partial charge is 0.0463 e. The minimum absolute atomic E-state index is 0.503. The normalized spacial score (nSPS) is 12.0. The van der Waals surface area contributed by atoms with Crippen LogP contribution in [0.3, 0.4) is 0 Å². The molecule has 1 aromatic carbocycles. The lowest BCUT2D eigenvalue weighted by Crippen LogP contribution is -2.19. The zero-order valence-electron chi connectivity index (χ0n) is 16.4. The van der Waals surface area contributed by atoms with E-state index in [9.17, 15) is 0 Å². The molecule has 0 aliphatic rings. The van der Waals surface area contributed by atoms with Gasteiger partial charge < -0.3 is 4.98 Å². The maximum Gasteiger partial charge on any atom is 0.0463 e. The van der Waals surface area contributed by atoms with Crippen molar-refractivity contribution in [2.24, 2.45) is 5.41 Å². The summed E-state index contributed by atoms with van der Waals surface area (Å²) in [6.07, 6.45) is 11.1. The van der Waals surface area contributed by atoms with E-state index < -0.39 is 0 Å². The summed E-state index contributed by atoms with van der Waals surface area (Å²) < 4.78 is 0. The summed E-state index contributed by atoms with van der Waals surface area (Å²) in [4.78, 5) is 3.44. The third-order valence-corrected chi connectivity index (χ3v) is 6.03. The summed E-state index contributed by atoms with van der Waals surface area (Å²) in [5.74, 6) is 0. The Hall–Kier alpha value is -1.50. The van der Waals surface area contributed by atoms with Crippen LogP contribution in [0.2, 0.25) is 0 Å². The fraction of sp³-hybridized carbons (Fsp3) is 0.565. The van der Waals surface area contributed by atoms with Crippen LogP contribution < -0.4 is 0 Å². The molecule has 132 valence electrons. The SMILES string of the molecule is C=C(CCC(CC)(CCC)CCC)c1c[nH]c2ccc(C)c(C)c12. The average molecular weight is 326 g/mol. The number of fused-ring (bicyclic) bond motifs is 1. The number of benzene rings is 1. The van der Waals surface area contributed by atoms with Crippen LogP contribution >= 0.6 is 0 Å². The van der Waals surface area contributed by atoms with Gasteiger partial charge in [0.25, 0.3) is 0 Å². The van der Waals surface area contributed by atoms with Gasteiger partial charge in [-0.05, 0) is 67.7 Å². The number of allylic oxidation sites excluding steroid dienone is 1. The maximum absolute atomic E-state index is 4.46. The van der Waals surface area contributed by atoms with Gasteiger partial charge in [0.05, 0.1) is 0 Å². The molecule has 24 heavy (non-hydrogen) atoms. The molecule has 0 aliphatic heterocycles. The van der Waals surface area contributed by atoms with Gasteiger partial charge in [-0.3, -0.25) is 0 Å². The van der Waals surface area contributed by atoms with Crippen molar-refractivity contribution < 1.29 is 0 Å². The highest BCUT2D eigenvalue weighted by molar-refractivity contribution is 5.95. The first kappa shape index (κ1) is 18.8. The number of aryl methyl sites for hydroxylation is 2. The van der Waals surface area contributed by atoms with E-state index in [-0.39, 0.29) is 0 Å². The Morgan fingerprint density at radius 3 is 2.29 bits per heavy atom. The lowest BCUT2D eigenvalue weighted by molar-refractivity contribution is 0.207. The summed E-state index contributed by atoms with van der Waals surface area (Å²) in [5.41, 5.74) is 7.09. The quantitative estimate of drug-likeness (QED) is 0.489. The topological polar surface area (TPSA) is 15.8 Å². The Labute approximate surface area is 148 Å². The molecule has 2 aromatic rings. The van der Waals surface area contributed by atoms with Crippen molar-refractivity contribution in [2.45, 2.75) is 79.6 Å². The second-order valence-electron chi connectivity index (χ2n) is 7.59. The molecule has 2 rings (SSSR count). The van der Waals surface area contributed by atoms with Crippen LogP contribution in [-0.2, 0) is 0 Å². The fourth-order valence-electron chi connectivity index (χ4n) is 4.30. The number of hydrogen-bond acceptors (Lipinski definition) is 0. The van der Waals surface area contributed by atoms with Gasteiger partial charge in [-0.1, -0.05) is 52.7 Å². The Kier molecular flexibility index (Phi) is 6.32. The zero-order valence-corrected chi connectivity index (χ0v) is 16.4. The third-order valence-electron chi connectivity index (χ3n) is 6.03. The molecule has 0 bridgehead atoms. The van der Waals surface area contributed by atoms with Crippen LogP contribution in [-0.4, -0.2) is 4.98 Å². The second-order valence-corrected chi connectivity index (χ2v) is 7.59. The molecule has 0 saturated carbocycles. The highest BCUT2D eigenvalue weighted by Crippen LogP contribution is 2.41. The minimum Gasteiger partial charge on any atom is -0.361 e. The van der Waals surface area contributed by atoms with E-state index in [1.165, 1.54) is 71.7 Å². The lowest BCUT2D eigenvalue weighted by Gasteiger charge is -2.33. The number of hydrogen-bond donors (Lipinski definition) is 1. The van der Waals surface area contributed by atoms with Crippen LogP contribution in [0.25, 0.3) is 16.5 Å². The number of nitrogens with one attached hydrogen (secondary N) is 1. The van der Waals surface area contributed by atoms with Gasteiger partial charge in [-0.2, -0.15) is 0 Å². The molecule has 0 saturated heterocycles. The molecular formula is C23H35N. The summed E-state index contributed by atoms with van der Waals surface area (Å²) in [6.45, 7) is 15.9. The fourth-order valence-corrected chi connectivity index (χ4v) is 4.30. The first-order valence-electron chi connectivity index (χ1n) is 9.73. The van der Waals surface area contributed by atoms with E-state index in [2.05, 4.69) is 64.5 Å². The molecule has 0 fully saturated rings. The molecule has 1 nitrogen and oxygen atoms in total. The van der Waals surface area contributed by atoms with Gasteiger partial charge in [-0.15, -0.1) is 0 Å². The van der Waals surface area contributed by atoms with Crippen molar-refractivity contribution in [3.63, 3.8) is 0 Å².